The lowest BCUT2D eigenvalue weighted by molar-refractivity contribution is 0.841. The van der Waals surface area contributed by atoms with E-state index in [1.807, 2.05) is 32.0 Å². The average Bonchev–Trinajstić information content (AvgIpc) is 2.57. The molecule has 2 aromatic rings. The van der Waals surface area contributed by atoms with Crippen molar-refractivity contribution < 1.29 is 0 Å². The Morgan fingerprint density at radius 2 is 2.07 bits per heavy atom. The second-order valence-corrected chi connectivity index (χ2v) is 3.27. The van der Waals surface area contributed by atoms with E-state index in [4.69, 9.17) is 0 Å². The third-order valence-corrected chi connectivity index (χ3v) is 2.29. The van der Waals surface area contributed by atoms with E-state index >= 15 is 0 Å². The summed E-state index contributed by atoms with van der Waals surface area (Å²) in [6.07, 6.45) is 1.39. The Bertz CT molecular complexity index is 510. The number of H-pyrrole nitrogens is 1. The summed E-state index contributed by atoms with van der Waals surface area (Å²) >= 11 is 0. The van der Waals surface area contributed by atoms with Crippen molar-refractivity contribution in [3.8, 4) is 5.69 Å². The minimum Gasteiger partial charge on any atom is -0.295 e. The Kier molecular flexibility index (Phi) is 1.96. The summed E-state index contributed by atoms with van der Waals surface area (Å²) in [6.45, 7) is 4.04. The molecule has 0 radical (unpaired) electrons. The smallest absolute Gasteiger partial charge is 0.295 e. The summed E-state index contributed by atoms with van der Waals surface area (Å²) in [4.78, 5) is 13.8. The quantitative estimate of drug-likeness (QED) is 0.732. The molecular formula is C10H11N3O. The Morgan fingerprint density at radius 3 is 2.64 bits per heavy atom. The monoisotopic (exact) mass is 189 g/mol. The summed E-state index contributed by atoms with van der Waals surface area (Å²) in [5.74, 6) is 0. The third-order valence-electron chi connectivity index (χ3n) is 2.29. The van der Waals surface area contributed by atoms with Crippen molar-refractivity contribution in [1.82, 2.24) is 14.8 Å². The molecule has 0 spiro atoms. The van der Waals surface area contributed by atoms with Crippen molar-refractivity contribution >= 4 is 0 Å². The SMILES string of the molecule is Cc1ccc(-n2nc[nH]c2=O)cc1C. The standard InChI is InChI=1S/C10H11N3O/c1-7-3-4-9(5-8(7)2)13-10(14)11-6-12-13/h3-6H,1-2H3,(H,11,12,14). The van der Waals surface area contributed by atoms with Gasteiger partial charge in [0, 0.05) is 0 Å². The van der Waals surface area contributed by atoms with Crippen LogP contribution >= 0.6 is 0 Å². The van der Waals surface area contributed by atoms with Gasteiger partial charge in [-0.3, -0.25) is 4.98 Å². The van der Waals surface area contributed by atoms with Gasteiger partial charge in [-0.1, -0.05) is 6.07 Å². The van der Waals surface area contributed by atoms with Gasteiger partial charge in [0.25, 0.3) is 0 Å². The van der Waals surface area contributed by atoms with Crippen molar-refractivity contribution in [1.29, 1.82) is 0 Å². The predicted molar refractivity (Wildman–Crippen MR) is 53.7 cm³/mol. The molecule has 0 unspecified atom stereocenters. The number of nitrogens with one attached hydrogen (secondary N) is 1. The van der Waals surface area contributed by atoms with Crippen LogP contribution in [0.2, 0.25) is 0 Å². The van der Waals surface area contributed by atoms with Crippen molar-refractivity contribution in [2.75, 3.05) is 0 Å². The normalized spacial score (nSPS) is 10.4. The number of hydrogen-bond acceptors (Lipinski definition) is 2. The summed E-state index contributed by atoms with van der Waals surface area (Å²) in [5, 5.41) is 3.91. The van der Waals surface area contributed by atoms with Crippen molar-refractivity contribution in [2.45, 2.75) is 13.8 Å². The molecule has 4 heteroatoms. The molecule has 1 aromatic heterocycles. The van der Waals surface area contributed by atoms with E-state index in [1.165, 1.54) is 16.6 Å². The van der Waals surface area contributed by atoms with Crippen LogP contribution in [0.15, 0.2) is 29.3 Å². The van der Waals surface area contributed by atoms with Gasteiger partial charge in [0.2, 0.25) is 0 Å². The van der Waals surface area contributed by atoms with E-state index in [0.717, 1.165) is 11.3 Å². The lowest BCUT2D eigenvalue weighted by Gasteiger charge is -2.03. The fourth-order valence-corrected chi connectivity index (χ4v) is 1.30. The van der Waals surface area contributed by atoms with Gasteiger partial charge in [-0.05, 0) is 37.1 Å². The first-order chi connectivity index (χ1) is 6.68. The van der Waals surface area contributed by atoms with E-state index in [0.29, 0.717) is 0 Å². The number of benzene rings is 1. The average molecular weight is 189 g/mol. The lowest BCUT2D eigenvalue weighted by atomic mass is 10.1. The number of hydrogen-bond donors (Lipinski definition) is 1. The molecule has 0 saturated carbocycles. The van der Waals surface area contributed by atoms with Crippen LogP contribution < -0.4 is 5.69 Å². The number of aryl methyl sites for hydroxylation is 2. The van der Waals surface area contributed by atoms with Crippen molar-refractivity contribution in [3.63, 3.8) is 0 Å². The van der Waals surface area contributed by atoms with Gasteiger partial charge in [-0.25, -0.2) is 4.79 Å². The molecule has 72 valence electrons. The molecule has 0 aliphatic rings. The first-order valence-corrected chi connectivity index (χ1v) is 4.39. The molecular weight excluding hydrogens is 178 g/mol. The molecule has 0 saturated heterocycles. The van der Waals surface area contributed by atoms with Gasteiger partial charge < -0.3 is 0 Å². The molecule has 0 fully saturated rings. The maximum absolute atomic E-state index is 11.3. The first-order valence-electron chi connectivity index (χ1n) is 4.39. The highest BCUT2D eigenvalue weighted by atomic mass is 16.1. The van der Waals surface area contributed by atoms with Gasteiger partial charge in [0.15, 0.2) is 0 Å². The molecule has 2 rings (SSSR count). The first kappa shape index (κ1) is 8.74. The number of rotatable bonds is 1. The molecule has 0 aliphatic carbocycles. The van der Waals surface area contributed by atoms with E-state index in [1.54, 1.807) is 0 Å². The number of aromatic amines is 1. The van der Waals surface area contributed by atoms with Gasteiger partial charge in [0.1, 0.15) is 6.33 Å². The van der Waals surface area contributed by atoms with Crippen LogP contribution in [0.1, 0.15) is 11.1 Å². The molecule has 0 amide bonds. The fraction of sp³-hybridized carbons (Fsp3) is 0.200. The van der Waals surface area contributed by atoms with Gasteiger partial charge >= 0.3 is 5.69 Å². The van der Waals surface area contributed by atoms with Gasteiger partial charge in [0.05, 0.1) is 5.69 Å². The van der Waals surface area contributed by atoms with Crippen LogP contribution in [0.5, 0.6) is 0 Å². The van der Waals surface area contributed by atoms with E-state index in [-0.39, 0.29) is 5.69 Å². The van der Waals surface area contributed by atoms with E-state index < -0.39 is 0 Å². The summed E-state index contributed by atoms with van der Waals surface area (Å²) in [7, 11) is 0. The summed E-state index contributed by atoms with van der Waals surface area (Å²) in [6, 6.07) is 5.80. The van der Waals surface area contributed by atoms with Crippen LogP contribution in [-0.2, 0) is 0 Å². The van der Waals surface area contributed by atoms with Crippen molar-refractivity contribution in [2.24, 2.45) is 0 Å². The lowest BCUT2D eigenvalue weighted by Crippen LogP contribution is -2.16. The molecule has 1 aromatic carbocycles. The third kappa shape index (κ3) is 1.35. The number of nitrogens with zero attached hydrogens (tertiary/aromatic N) is 2. The Hall–Kier alpha value is -1.84. The number of aromatic nitrogens is 3. The molecule has 0 bridgehead atoms. The largest absolute Gasteiger partial charge is 0.347 e. The second-order valence-electron chi connectivity index (χ2n) is 3.27. The fourth-order valence-electron chi connectivity index (χ4n) is 1.30. The molecule has 14 heavy (non-hydrogen) atoms. The summed E-state index contributed by atoms with van der Waals surface area (Å²) < 4.78 is 1.34. The minimum absolute atomic E-state index is 0.215. The molecule has 4 nitrogen and oxygen atoms in total. The Morgan fingerprint density at radius 1 is 1.29 bits per heavy atom. The zero-order chi connectivity index (χ0) is 10.1. The van der Waals surface area contributed by atoms with Crippen LogP contribution in [0.25, 0.3) is 5.69 Å². The van der Waals surface area contributed by atoms with E-state index in [9.17, 15) is 4.79 Å². The van der Waals surface area contributed by atoms with Gasteiger partial charge in [-0.2, -0.15) is 9.78 Å². The summed E-state index contributed by atoms with van der Waals surface area (Å²) in [5.41, 5.74) is 2.93. The topological polar surface area (TPSA) is 50.7 Å². The van der Waals surface area contributed by atoms with E-state index in [2.05, 4.69) is 10.1 Å². The van der Waals surface area contributed by atoms with Crippen LogP contribution in [-0.4, -0.2) is 14.8 Å². The highest BCUT2D eigenvalue weighted by molar-refractivity contribution is 5.38. The highest BCUT2D eigenvalue weighted by Crippen LogP contribution is 2.11. The molecule has 0 aliphatic heterocycles. The zero-order valence-corrected chi connectivity index (χ0v) is 8.11. The Labute approximate surface area is 81.2 Å². The van der Waals surface area contributed by atoms with Crippen LogP contribution in [0.4, 0.5) is 0 Å². The molecule has 1 N–H and O–H groups in total. The van der Waals surface area contributed by atoms with Gasteiger partial charge in [-0.15, -0.1) is 0 Å². The molecule has 0 atom stereocenters. The highest BCUT2D eigenvalue weighted by Gasteiger charge is 2.02. The van der Waals surface area contributed by atoms with Crippen LogP contribution in [0.3, 0.4) is 0 Å². The Balaban J connectivity index is 2.59. The maximum atomic E-state index is 11.3. The minimum atomic E-state index is -0.215. The van der Waals surface area contributed by atoms with Crippen LogP contribution in [0, 0.1) is 13.8 Å². The molecule has 1 heterocycles. The predicted octanol–water partition coefficient (Wildman–Crippen LogP) is 1.18. The maximum Gasteiger partial charge on any atom is 0.347 e. The zero-order valence-electron chi connectivity index (χ0n) is 8.11. The second kappa shape index (κ2) is 3.14. The van der Waals surface area contributed by atoms with Crippen molar-refractivity contribution in [3.05, 3.63) is 46.1 Å².